The van der Waals surface area contributed by atoms with Gasteiger partial charge in [-0.1, -0.05) is 29.8 Å². The normalized spacial score (nSPS) is 11.2. The van der Waals surface area contributed by atoms with E-state index in [0.717, 1.165) is 5.56 Å². The number of rotatable bonds is 2. The molecule has 3 rings (SSSR count). The minimum absolute atomic E-state index is 0.233. The summed E-state index contributed by atoms with van der Waals surface area (Å²) >= 11 is 9.31. The summed E-state index contributed by atoms with van der Waals surface area (Å²) in [6.45, 7) is 0.322. The molecule has 2 aromatic carbocycles. The molecule has 0 spiro atoms. The van der Waals surface area contributed by atoms with E-state index < -0.39 is 5.82 Å². The van der Waals surface area contributed by atoms with E-state index in [2.05, 4.69) is 15.9 Å². The number of benzene rings is 2. The van der Waals surface area contributed by atoms with E-state index in [4.69, 9.17) is 11.6 Å². The van der Waals surface area contributed by atoms with Crippen LogP contribution in [0.1, 0.15) is 5.56 Å². The van der Waals surface area contributed by atoms with Gasteiger partial charge in [-0.2, -0.15) is 0 Å². The van der Waals surface area contributed by atoms with Crippen molar-refractivity contribution in [1.82, 2.24) is 9.36 Å². The Hall–Kier alpha value is -1.59. The third kappa shape index (κ3) is 2.30. The Kier molecular flexibility index (Phi) is 3.63. The van der Waals surface area contributed by atoms with Crippen LogP contribution in [0.2, 0.25) is 5.02 Å². The van der Waals surface area contributed by atoms with Gasteiger partial charge < -0.3 is 0 Å². The zero-order valence-corrected chi connectivity index (χ0v) is 13.4. The molecular weight excluding hydrogens is 359 g/mol. The average molecular weight is 370 g/mol. The van der Waals surface area contributed by atoms with Crippen molar-refractivity contribution in [2.24, 2.45) is 7.05 Å². The lowest BCUT2D eigenvalue weighted by Gasteiger charge is -2.11. The highest BCUT2D eigenvalue weighted by Crippen LogP contribution is 2.25. The molecular formula is C15H11BrClFN2O. The van der Waals surface area contributed by atoms with Crippen molar-refractivity contribution >= 4 is 38.4 Å². The molecule has 0 fully saturated rings. The van der Waals surface area contributed by atoms with Crippen molar-refractivity contribution in [3.8, 4) is 0 Å². The Balaban J connectivity index is 2.28. The van der Waals surface area contributed by atoms with Crippen molar-refractivity contribution in [3.63, 3.8) is 0 Å². The Morgan fingerprint density at radius 3 is 2.67 bits per heavy atom. The van der Waals surface area contributed by atoms with Crippen molar-refractivity contribution in [2.45, 2.75) is 6.54 Å². The first-order valence-electron chi connectivity index (χ1n) is 6.27. The summed E-state index contributed by atoms with van der Waals surface area (Å²) in [6, 6.07) is 10.5. The van der Waals surface area contributed by atoms with Gasteiger partial charge in [0, 0.05) is 12.1 Å². The fraction of sp³-hybridized carbons (Fsp3) is 0.133. The topological polar surface area (TPSA) is 26.9 Å². The third-order valence-electron chi connectivity index (χ3n) is 3.49. The van der Waals surface area contributed by atoms with Gasteiger partial charge in [-0.3, -0.25) is 14.2 Å². The zero-order valence-electron chi connectivity index (χ0n) is 11.1. The molecule has 6 heteroatoms. The van der Waals surface area contributed by atoms with Crippen LogP contribution in [0.3, 0.4) is 0 Å². The molecule has 0 saturated carbocycles. The number of hydrogen-bond donors (Lipinski definition) is 0. The van der Waals surface area contributed by atoms with Crippen LogP contribution in [0.5, 0.6) is 0 Å². The molecule has 0 aliphatic heterocycles. The van der Waals surface area contributed by atoms with Crippen LogP contribution in [-0.2, 0) is 13.6 Å². The summed E-state index contributed by atoms with van der Waals surface area (Å²) in [7, 11) is 1.62. The van der Waals surface area contributed by atoms with Gasteiger partial charge in [0.2, 0.25) is 0 Å². The number of nitrogens with zero attached hydrogens (tertiary/aromatic N) is 2. The summed E-state index contributed by atoms with van der Waals surface area (Å²) in [5.74, 6) is -0.447. The van der Waals surface area contributed by atoms with E-state index in [9.17, 15) is 9.18 Å². The lowest BCUT2D eigenvalue weighted by molar-refractivity contribution is 0.538. The maximum Gasteiger partial charge on any atom is 0.274 e. The lowest BCUT2D eigenvalue weighted by atomic mass is 10.2. The van der Waals surface area contributed by atoms with E-state index in [1.54, 1.807) is 29.9 Å². The summed E-state index contributed by atoms with van der Waals surface area (Å²) in [4.78, 5) is 12.2. The summed E-state index contributed by atoms with van der Waals surface area (Å²) in [5.41, 5.74) is 0.867. The van der Waals surface area contributed by atoms with Crippen molar-refractivity contribution < 1.29 is 4.39 Å². The minimum Gasteiger partial charge on any atom is -0.275 e. The summed E-state index contributed by atoms with van der Waals surface area (Å²) < 4.78 is 17.7. The van der Waals surface area contributed by atoms with Crippen LogP contribution in [0.25, 0.3) is 10.9 Å². The molecule has 0 aliphatic carbocycles. The second-order valence-electron chi connectivity index (χ2n) is 4.74. The third-order valence-corrected chi connectivity index (χ3v) is 4.47. The zero-order chi connectivity index (χ0) is 15.1. The van der Waals surface area contributed by atoms with E-state index in [1.807, 2.05) is 18.2 Å². The van der Waals surface area contributed by atoms with Gasteiger partial charge in [0.15, 0.2) is 5.82 Å². The highest BCUT2D eigenvalue weighted by Gasteiger charge is 2.17. The average Bonchev–Trinajstić information content (AvgIpc) is 2.71. The second-order valence-corrected chi connectivity index (χ2v) is 6.00. The highest BCUT2D eigenvalue weighted by molar-refractivity contribution is 9.10. The Morgan fingerprint density at radius 2 is 1.95 bits per heavy atom. The molecule has 0 N–H and O–H groups in total. The monoisotopic (exact) mass is 368 g/mol. The second kappa shape index (κ2) is 5.31. The predicted octanol–water partition coefficient (Wildman–Crippen LogP) is 3.94. The van der Waals surface area contributed by atoms with Crippen LogP contribution < -0.4 is 5.56 Å². The Bertz CT molecular complexity index is 901. The molecule has 0 radical (unpaired) electrons. The molecule has 0 atom stereocenters. The van der Waals surface area contributed by atoms with E-state index >= 15 is 0 Å². The van der Waals surface area contributed by atoms with Crippen LogP contribution in [0.15, 0.2) is 45.7 Å². The molecule has 21 heavy (non-hydrogen) atoms. The van der Waals surface area contributed by atoms with E-state index in [1.165, 1.54) is 4.68 Å². The maximum absolute atomic E-state index is 14.4. The molecule has 0 unspecified atom stereocenters. The van der Waals surface area contributed by atoms with Crippen LogP contribution in [0, 0.1) is 5.82 Å². The molecule has 108 valence electrons. The fourth-order valence-corrected chi connectivity index (χ4v) is 2.89. The molecule has 0 bridgehead atoms. The van der Waals surface area contributed by atoms with Gasteiger partial charge in [-0.05, 0) is 39.7 Å². The van der Waals surface area contributed by atoms with Gasteiger partial charge in [-0.15, -0.1) is 0 Å². The van der Waals surface area contributed by atoms with Gasteiger partial charge in [0.25, 0.3) is 5.56 Å². The molecule has 0 aliphatic rings. The van der Waals surface area contributed by atoms with E-state index in [-0.39, 0.29) is 11.1 Å². The standard InChI is InChI=1S/C15H11BrClFN2O/c1-19-15(21)10-6-7-11(16)13(18)14(10)20(19)8-9-4-2-3-5-12(9)17/h2-7H,8H2,1H3. The number of halogens is 3. The van der Waals surface area contributed by atoms with Crippen LogP contribution in [-0.4, -0.2) is 9.36 Å². The minimum atomic E-state index is -0.447. The Morgan fingerprint density at radius 1 is 1.24 bits per heavy atom. The number of aromatic nitrogens is 2. The maximum atomic E-state index is 14.4. The van der Waals surface area contributed by atoms with Crippen molar-refractivity contribution in [1.29, 1.82) is 0 Å². The van der Waals surface area contributed by atoms with Gasteiger partial charge in [-0.25, -0.2) is 4.39 Å². The van der Waals surface area contributed by atoms with Crippen molar-refractivity contribution in [3.05, 3.63) is 67.6 Å². The number of hydrogen-bond acceptors (Lipinski definition) is 1. The van der Waals surface area contributed by atoms with Gasteiger partial charge >= 0.3 is 0 Å². The predicted molar refractivity (Wildman–Crippen MR) is 85.4 cm³/mol. The largest absolute Gasteiger partial charge is 0.275 e. The fourth-order valence-electron chi connectivity index (χ4n) is 2.37. The van der Waals surface area contributed by atoms with E-state index in [0.29, 0.717) is 21.4 Å². The summed E-state index contributed by atoms with van der Waals surface area (Å²) in [6.07, 6.45) is 0. The first kappa shape index (κ1) is 14.4. The first-order chi connectivity index (χ1) is 10.0. The van der Waals surface area contributed by atoms with Crippen molar-refractivity contribution in [2.75, 3.05) is 0 Å². The molecule has 0 saturated heterocycles. The molecule has 3 aromatic rings. The van der Waals surface area contributed by atoms with Gasteiger partial charge in [0.1, 0.15) is 5.52 Å². The summed E-state index contributed by atoms with van der Waals surface area (Å²) in [5, 5.41) is 0.937. The molecule has 1 aromatic heterocycles. The highest BCUT2D eigenvalue weighted by atomic mass is 79.9. The lowest BCUT2D eigenvalue weighted by Crippen LogP contribution is -2.19. The van der Waals surface area contributed by atoms with Gasteiger partial charge in [0.05, 0.1) is 16.4 Å². The smallest absolute Gasteiger partial charge is 0.274 e. The Labute approximate surface area is 133 Å². The number of fused-ring (bicyclic) bond motifs is 1. The SMILES string of the molecule is Cn1c(=O)c2ccc(Br)c(F)c2n1Cc1ccccc1Cl. The van der Waals surface area contributed by atoms with Crippen LogP contribution in [0.4, 0.5) is 4.39 Å². The quantitative estimate of drug-likeness (QED) is 0.672. The van der Waals surface area contributed by atoms with Crippen LogP contribution >= 0.6 is 27.5 Å². The molecule has 3 nitrogen and oxygen atoms in total. The first-order valence-corrected chi connectivity index (χ1v) is 7.44. The molecule has 0 amide bonds. The molecule has 1 heterocycles.